The van der Waals surface area contributed by atoms with Gasteiger partial charge >= 0.3 is 0 Å². The fraction of sp³-hybridized carbons (Fsp3) is 0.261. The highest BCUT2D eigenvalue weighted by Crippen LogP contribution is 2.35. The molecule has 0 saturated heterocycles. The molecule has 0 aliphatic heterocycles. The lowest BCUT2D eigenvalue weighted by Gasteiger charge is -2.34. The Balaban J connectivity index is 2.02. The van der Waals surface area contributed by atoms with Crippen LogP contribution in [0.15, 0.2) is 78.9 Å². The van der Waals surface area contributed by atoms with Crippen LogP contribution in [0.25, 0.3) is 0 Å². The van der Waals surface area contributed by atoms with Crippen molar-refractivity contribution in [2.75, 3.05) is 0 Å². The molecule has 3 rings (SSSR count). The number of hydrogen-bond donors (Lipinski definition) is 1. The van der Waals surface area contributed by atoms with Gasteiger partial charge in [-0.25, -0.2) is 0 Å². The van der Waals surface area contributed by atoms with E-state index in [4.69, 9.17) is 4.43 Å². The molecule has 140 valence electrons. The fourth-order valence-electron chi connectivity index (χ4n) is 3.19. The first-order chi connectivity index (χ1) is 13.0. The normalized spacial score (nSPS) is 12.9. The van der Waals surface area contributed by atoms with E-state index in [0.29, 0.717) is 5.69 Å². The van der Waals surface area contributed by atoms with Gasteiger partial charge in [-0.3, -0.25) is 4.98 Å². The standard InChI is InChI=1S/C23H27NO2Si/c1-23(2,3)22(21-16-10-11-18(17-25)24-21)26-27(19-12-6-4-7-13-19)20-14-8-5-9-15-20/h4-16,22,25,27H,17H2,1-3H3. The average molecular weight is 378 g/mol. The summed E-state index contributed by atoms with van der Waals surface area (Å²) in [5, 5.41) is 12.0. The lowest BCUT2D eigenvalue weighted by atomic mass is 9.87. The third kappa shape index (κ3) is 4.92. The molecule has 0 bridgehead atoms. The minimum absolute atomic E-state index is 0.0665. The van der Waals surface area contributed by atoms with Gasteiger partial charge in [-0.05, 0) is 27.9 Å². The summed E-state index contributed by atoms with van der Waals surface area (Å²) in [4.78, 5) is 4.65. The molecule has 0 spiro atoms. The van der Waals surface area contributed by atoms with E-state index in [1.54, 1.807) is 0 Å². The Morgan fingerprint density at radius 3 is 1.89 bits per heavy atom. The molecule has 1 aromatic heterocycles. The number of pyridine rings is 1. The van der Waals surface area contributed by atoms with E-state index in [1.807, 2.05) is 30.3 Å². The molecule has 0 saturated carbocycles. The average Bonchev–Trinajstić information content (AvgIpc) is 2.69. The molecule has 1 unspecified atom stereocenters. The lowest BCUT2D eigenvalue weighted by Crippen LogP contribution is -2.47. The molecule has 2 aromatic carbocycles. The summed E-state index contributed by atoms with van der Waals surface area (Å²) in [5.74, 6) is 0. The summed E-state index contributed by atoms with van der Waals surface area (Å²) in [6.07, 6.45) is -0.166. The van der Waals surface area contributed by atoms with E-state index in [1.165, 1.54) is 10.4 Å². The third-order valence-corrected chi connectivity index (χ3v) is 7.05. The summed E-state index contributed by atoms with van der Waals surface area (Å²) in [7, 11) is -1.90. The van der Waals surface area contributed by atoms with Crippen LogP contribution in [0.5, 0.6) is 0 Å². The molecule has 0 aliphatic rings. The monoisotopic (exact) mass is 377 g/mol. The van der Waals surface area contributed by atoms with Crippen molar-refractivity contribution < 1.29 is 9.53 Å². The second-order valence-electron chi connectivity index (χ2n) is 7.80. The zero-order valence-electron chi connectivity index (χ0n) is 16.2. The Bertz CT molecular complexity index is 808. The first kappa shape index (κ1) is 19.5. The zero-order valence-corrected chi connectivity index (χ0v) is 17.3. The molecule has 0 fully saturated rings. The smallest absolute Gasteiger partial charge is 0.240 e. The van der Waals surface area contributed by atoms with Crippen LogP contribution in [-0.4, -0.2) is 19.1 Å². The number of rotatable bonds is 6. The molecular formula is C23H27NO2Si. The number of aromatic nitrogens is 1. The van der Waals surface area contributed by atoms with Crippen LogP contribution in [0.4, 0.5) is 0 Å². The molecule has 1 N–H and O–H groups in total. The maximum absolute atomic E-state index is 9.49. The van der Waals surface area contributed by atoms with Gasteiger partial charge in [-0.2, -0.15) is 0 Å². The molecule has 0 aliphatic carbocycles. The van der Waals surface area contributed by atoms with E-state index in [0.717, 1.165) is 5.69 Å². The Morgan fingerprint density at radius 1 is 0.852 bits per heavy atom. The van der Waals surface area contributed by atoms with Gasteiger partial charge in [-0.15, -0.1) is 0 Å². The summed E-state index contributed by atoms with van der Waals surface area (Å²) in [6, 6.07) is 26.7. The van der Waals surface area contributed by atoms with Crippen molar-refractivity contribution in [2.24, 2.45) is 5.41 Å². The second kappa shape index (κ2) is 8.61. The second-order valence-corrected chi connectivity index (χ2v) is 10.2. The first-order valence-corrected chi connectivity index (χ1v) is 10.9. The molecule has 0 amide bonds. The number of aliphatic hydroxyl groups excluding tert-OH is 1. The van der Waals surface area contributed by atoms with Crippen LogP contribution < -0.4 is 10.4 Å². The number of nitrogens with zero attached hydrogens (tertiary/aromatic N) is 1. The zero-order chi connectivity index (χ0) is 19.3. The molecule has 0 radical (unpaired) electrons. The van der Waals surface area contributed by atoms with Gasteiger partial charge in [0.05, 0.1) is 24.1 Å². The van der Waals surface area contributed by atoms with E-state index in [-0.39, 0.29) is 18.1 Å². The molecule has 4 heteroatoms. The maximum atomic E-state index is 9.49. The van der Waals surface area contributed by atoms with E-state index in [2.05, 4.69) is 74.3 Å². The topological polar surface area (TPSA) is 42.4 Å². The Morgan fingerprint density at radius 2 is 1.41 bits per heavy atom. The minimum Gasteiger partial charge on any atom is -0.402 e. The Hall–Kier alpha value is -2.27. The van der Waals surface area contributed by atoms with Crippen LogP contribution in [0.1, 0.15) is 38.3 Å². The van der Waals surface area contributed by atoms with Crippen molar-refractivity contribution >= 4 is 19.4 Å². The fourth-order valence-corrected chi connectivity index (χ4v) is 5.85. The molecule has 27 heavy (non-hydrogen) atoms. The van der Waals surface area contributed by atoms with Crippen LogP contribution in [0.2, 0.25) is 0 Å². The minimum atomic E-state index is -1.90. The quantitative estimate of drug-likeness (QED) is 0.671. The van der Waals surface area contributed by atoms with Crippen molar-refractivity contribution in [3.05, 3.63) is 90.3 Å². The van der Waals surface area contributed by atoms with Crippen molar-refractivity contribution in [1.82, 2.24) is 4.98 Å². The molecule has 3 aromatic rings. The third-order valence-electron chi connectivity index (χ3n) is 4.52. The van der Waals surface area contributed by atoms with Crippen LogP contribution in [0.3, 0.4) is 0 Å². The van der Waals surface area contributed by atoms with Gasteiger partial charge < -0.3 is 9.53 Å². The van der Waals surface area contributed by atoms with Crippen LogP contribution >= 0.6 is 0 Å². The van der Waals surface area contributed by atoms with Crippen molar-refractivity contribution in [1.29, 1.82) is 0 Å². The van der Waals surface area contributed by atoms with Crippen LogP contribution in [-0.2, 0) is 11.0 Å². The molecule has 1 heterocycles. The summed E-state index contributed by atoms with van der Waals surface area (Å²) in [5.41, 5.74) is 1.41. The summed E-state index contributed by atoms with van der Waals surface area (Å²) >= 11 is 0. The Labute approximate surface area is 163 Å². The van der Waals surface area contributed by atoms with E-state index in [9.17, 15) is 5.11 Å². The Kier molecular flexibility index (Phi) is 6.21. The predicted octanol–water partition coefficient (Wildman–Crippen LogP) is 3.22. The van der Waals surface area contributed by atoms with Crippen molar-refractivity contribution in [2.45, 2.75) is 33.5 Å². The van der Waals surface area contributed by atoms with E-state index >= 15 is 0 Å². The van der Waals surface area contributed by atoms with E-state index < -0.39 is 9.04 Å². The maximum Gasteiger partial charge on any atom is 0.240 e. The van der Waals surface area contributed by atoms with Gasteiger partial charge in [0.2, 0.25) is 9.04 Å². The van der Waals surface area contributed by atoms with Gasteiger partial charge in [0.15, 0.2) is 0 Å². The van der Waals surface area contributed by atoms with Crippen LogP contribution in [0, 0.1) is 5.41 Å². The molecule has 1 atom stereocenters. The largest absolute Gasteiger partial charge is 0.402 e. The van der Waals surface area contributed by atoms with Gasteiger partial charge in [0.1, 0.15) is 0 Å². The van der Waals surface area contributed by atoms with Gasteiger partial charge in [0, 0.05) is 0 Å². The molecule has 3 nitrogen and oxygen atoms in total. The highest BCUT2D eigenvalue weighted by molar-refractivity contribution is 6.80. The number of aliphatic hydroxyl groups is 1. The highest BCUT2D eigenvalue weighted by Gasteiger charge is 2.32. The SMILES string of the molecule is CC(C)(C)C(O[SiH](c1ccccc1)c1ccccc1)c1cccc(CO)n1. The lowest BCUT2D eigenvalue weighted by molar-refractivity contribution is 0.0853. The van der Waals surface area contributed by atoms with Gasteiger partial charge in [0.25, 0.3) is 0 Å². The summed E-state index contributed by atoms with van der Waals surface area (Å²) in [6.45, 7) is 6.45. The molecular weight excluding hydrogens is 350 g/mol. The van der Waals surface area contributed by atoms with Gasteiger partial charge in [-0.1, -0.05) is 87.5 Å². The first-order valence-electron chi connectivity index (χ1n) is 9.31. The summed E-state index contributed by atoms with van der Waals surface area (Å²) < 4.78 is 6.87. The van der Waals surface area contributed by atoms with Crippen molar-refractivity contribution in [3.63, 3.8) is 0 Å². The van der Waals surface area contributed by atoms with Crippen molar-refractivity contribution in [3.8, 4) is 0 Å². The predicted molar refractivity (Wildman–Crippen MR) is 113 cm³/mol. The number of hydrogen-bond acceptors (Lipinski definition) is 3. The number of benzene rings is 2. The highest BCUT2D eigenvalue weighted by atomic mass is 28.3.